The molecule has 2 aromatic rings. The van der Waals surface area contributed by atoms with Gasteiger partial charge in [-0.25, -0.2) is 0 Å². The molecule has 0 aliphatic heterocycles. The lowest BCUT2D eigenvalue weighted by atomic mass is 10.2. The maximum Gasteiger partial charge on any atom is 0.134 e. The largest absolute Gasteiger partial charge is 0.459 e. The molecular weight excluding hydrogens is 242 g/mol. The predicted octanol–water partition coefficient (Wildman–Crippen LogP) is 2.75. The molecule has 0 saturated heterocycles. The van der Waals surface area contributed by atoms with Gasteiger partial charge in [-0.3, -0.25) is 0 Å². The van der Waals surface area contributed by atoms with Crippen LogP contribution in [0.1, 0.15) is 18.7 Å². The van der Waals surface area contributed by atoms with Gasteiger partial charge < -0.3 is 19.2 Å². The summed E-state index contributed by atoms with van der Waals surface area (Å²) in [6, 6.07) is 10.1. The summed E-state index contributed by atoms with van der Waals surface area (Å²) in [4.78, 5) is 0. The van der Waals surface area contributed by atoms with E-state index >= 15 is 0 Å². The second kappa shape index (κ2) is 7.28. The molecule has 0 spiro atoms. The molecule has 0 aliphatic rings. The van der Waals surface area contributed by atoms with Crippen molar-refractivity contribution in [2.45, 2.75) is 13.0 Å². The molecule has 1 N–H and O–H groups in total. The molecule has 4 nitrogen and oxygen atoms in total. The summed E-state index contributed by atoms with van der Waals surface area (Å²) in [6.07, 6.45) is 0. The average Bonchev–Trinajstić information content (AvgIpc) is 2.86. The molecule has 0 fully saturated rings. The molecule has 0 aliphatic carbocycles. The van der Waals surface area contributed by atoms with E-state index in [1.807, 2.05) is 38.2 Å². The summed E-state index contributed by atoms with van der Waals surface area (Å²) in [5.41, 5.74) is 0.909. The Hall–Kier alpha value is -1.36. The van der Waals surface area contributed by atoms with Crippen LogP contribution in [0.2, 0.25) is 0 Å². The van der Waals surface area contributed by atoms with Crippen molar-refractivity contribution in [2.75, 3.05) is 33.5 Å². The van der Waals surface area contributed by atoms with Gasteiger partial charge >= 0.3 is 0 Å². The van der Waals surface area contributed by atoms with E-state index in [4.69, 9.17) is 13.9 Å². The van der Waals surface area contributed by atoms with E-state index in [-0.39, 0.29) is 6.04 Å². The fourth-order valence-corrected chi connectivity index (χ4v) is 1.95. The molecule has 0 radical (unpaired) electrons. The van der Waals surface area contributed by atoms with Gasteiger partial charge in [-0.2, -0.15) is 0 Å². The van der Waals surface area contributed by atoms with Crippen LogP contribution in [0.25, 0.3) is 11.0 Å². The van der Waals surface area contributed by atoms with Crippen LogP contribution in [0.3, 0.4) is 0 Å². The van der Waals surface area contributed by atoms with E-state index < -0.39 is 0 Å². The van der Waals surface area contributed by atoms with Crippen LogP contribution in [0.4, 0.5) is 0 Å². The Kier molecular flexibility index (Phi) is 5.39. The van der Waals surface area contributed by atoms with Crippen molar-refractivity contribution in [1.29, 1.82) is 0 Å². The number of likely N-dealkylation sites (N-methyl/N-ethyl adjacent to an activating group) is 1. The zero-order chi connectivity index (χ0) is 13.5. The highest BCUT2D eigenvalue weighted by Gasteiger charge is 2.14. The highest BCUT2D eigenvalue weighted by molar-refractivity contribution is 5.77. The predicted molar refractivity (Wildman–Crippen MR) is 75.3 cm³/mol. The first kappa shape index (κ1) is 14.1. The normalized spacial score (nSPS) is 12.9. The van der Waals surface area contributed by atoms with Crippen LogP contribution < -0.4 is 5.32 Å². The molecule has 2 rings (SSSR count). The monoisotopic (exact) mass is 263 g/mol. The van der Waals surface area contributed by atoms with E-state index in [2.05, 4.69) is 11.4 Å². The number of ether oxygens (including phenoxy) is 2. The van der Waals surface area contributed by atoms with Crippen LogP contribution >= 0.6 is 0 Å². The van der Waals surface area contributed by atoms with Gasteiger partial charge in [0.05, 0.1) is 25.9 Å². The molecule has 4 heteroatoms. The first-order valence-corrected chi connectivity index (χ1v) is 6.66. The quantitative estimate of drug-likeness (QED) is 0.744. The molecule has 0 saturated carbocycles. The van der Waals surface area contributed by atoms with Gasteiger partial charge in [-0.15, -0.1) is 0 Å². The van der Waals surface area contributed by atoms with E-state index in [1.165, 1.54) is 0 Å². The third kappa shape index (κ3) is 3.80. The van der Waals surface area contributed by atoms with Crippen molar-refractivity contribution in [2.24, 2.45) is 0 Å². The van der Waals surface area contributed by atoms with Gasteiger partial charge in [0.15, 0.2) is 0 Å². The van der Waals surface area contributed by atoms with Gasteiger partial charge in [0.1, 0.15) is 11.3 Å². The van der Waals surface area contributed by atoms with Gasteiger partial charge in [-0.1, -0.05) is 18.2 Å². The standard InChI is InChI=1S/C15H21NO3/c1-3-17-8-9-18-11-13(16-2)15-10-12-6-4-5-7-14(12)19-15/h4-7,10,13,16H,3,8-9,11H2,1-2H3. The number of hydrogen-bond acceptors (Lipinski definition) is 4. The molecule has 1 atom stereocenters. The van der Waals surface area contributed by atoms with Crippen molar-refractivity contribution >= 4 is 11.0 Å². The second-order valence-corrected chi connectivity index (χ2v) is 4.30. The number of benzene rings is 1. The Bertz CT molecular complexity index is 462. The lowest BCUT2D eigenvalue weighted by Gasteiger charge is -2.13. The number of furan rings is 1. The van der Waals surface area contributed by atoms with Crippen LogP contribution in [-0.2, 0) is 9.47 Å². The highest BCUT2D eigenvalue weighted by Crippen LogP contribution is 2.23. The average molecular weight is 263 g/mol. The molecule has 1 aromatic heterocycles. The van der Waals surface area contributed by atoms with Crippen LogP contribution in [0.5, 0.6) is 0 Å². The number of hydrogen-bond donors (Lipinski definition) is 1. The summed E-state index contributed by atoms with van der Waals surface area (Å²) < 4.78 is 16.7. The molecule has 1 heterocycles. The third-order valence-corrected chi connectivity index (χ3v) is 3.00. The molecule has 0 bridgehead atoms. The minimum absolute atomic E-state index is 0.0639. The van der Waals surface area contributed by atoms with E-state index in [9.17, 15) is 0 Å². The van der Waals surface area contributed by atoms with E-state index in [0.717, 1.165) is 23.3 Å². The maximum atomic E-state index is 5.83. The molecule has 1 aromatic carbocycles. The first-order valence-electron chi connectivity index (χ1n) is 6.66. The van der Waals surface area contributed by atoms with Crippen LogP contribution in [0, 0.1) is 0 Å². The second-order valence-electron chi connectivity index (χ2n) is 4.30. The number of fused-ring (bicyclic) bond motifs is 1. The van der Waals surface area contributed by atoms with Crippen molar-refractivity contribution in [3.63, 3.8) is 0 Å². The Balaban J connectivity index is 1.93. The Morgan fingerprint density at radius 1 is 1.21 bits per heavy atom. The van der Waals surface area contributed by atoms with E-state index in [0.29, 0.717) is 19.8 Å². The van der Waals surface area contributed by atoms with Crippen LogP contribution in [-0.4, -0.2) is 33.5 Å². The van der Waals surface area contributed by atoms with E-state index in [1.54, 1.807) is 0 Å². The maximum absolute atomic E-state index is 5.83. The molecule has 104 valence electrons. The summed E-state index contributed by atoms with van der Waals surface area (Å²) in [5.74, 6) is 0.903. The summed E-state index contributed by atoms with van der Waals surface area (Å²) in [7, 11) is 1.91. The number of rotatable bonds is 8. The minimum atomic E-state index is 0.0639. The molecule has 19 heavy (non-hydrogen) atoms. The third-order valence-electron chi connectivity index (χ3n) is 3.00. The number of nitrogens with one attached hydrogen (secondary N) is 1. The Morgan fingerprint density at radius 2 is 2.00 bits per heavy atom. The van der Waals surface area contributed by atoms with Crippen molar-refractivity contribution < 1.29 is 13.9 Å². The highest BCUT2D eigenvalue weighted by atomic mass is 16.5. The molecule has 0 amide bonds. The zero-order valence-corrected chi connectivity index (χ0v) is 11.5. The van der Waals surface area contributed by atoms with Gasteiger partial charge in [0, 0.05) is 12.0 Å². The van der Waals surface area contributed by atoms with Crippen molar-refractivity contribution in [3.8, 4) is 0 Å². The smallest absolute Gasteiger partial charge is 0.134 e. The Labute approximate surface area is 113 Å². The fourth-order valence-electron chi connectivity index (χ4n) is 1.95. The SMILES string of the molecule is CCOCCOCC(NC)c1cc2ccccc2o1. The summed E-state index contributed by atoms with van der Waals surface area (Å²) in [5, 5.41) is 4.33. The lowest BCUT2D eigenvalue weighted by Crippen LogP contribution is -2.22. The fraction of sp³-hybridized carbons (Fsp3) is 0.467. The topological polar surface area (TPSA) is 43.6 Å². The van der Waals surface area contributed by atoms with Crippen LogP contribution in [0.15, 0.2) is 34.7 Å². The van der Waals surface area contributed by atoms with Crippen molar-refractivity contribution in [1.82, 2.24) is 5.32 Å². The van der Waals surface area contributed by atoms with Gasteiger partial charge in [0.2, 0.25) is 0 Å². The number of para-hydroxylation sites is 1. The van der Waals surface area contributed by atoms with Gasteiger partial charge in [0.25, 0.3) is 0 Å². The van der Waals surface area contributed by atoms with Gasteiger partial charge in [-0.05, 0) is 26.1 Å². The first-order chi connectivity index (χ1) is 9.35. The zero-order valence-electron chi connectivity index (χ0n) is 11.5. The minimum Gasteiger partial charge on any atom is -0.459 e. The lowest BCUT2D eigenvalue weighted by molar-refractivity contribution is 0.0420. The summed E-state index contributed by atoms with van der Waals surface area (Å²) in [6.45, 7) is 4.51. The van der Waals surface area contributed by atoms with Crippen molar-refractivity contribution in [3.05, 3.63) is 36.1 Å². The molecule has 1 unspecified atom stereocenters. The molecular formula is C15H21NO3. The Morgan fingerprint density at radius 3 is 2.74 bits per heavy atom. The summed E-state index contributed by atoms with van der Waals surface area (Å²) >= 11 is 0.